The molecule has 0 saturated carbocycles. The normalized spacial score (nSPS) is 11.0. The molecule has 3 rings (SSSR count). The number of hydrogen-bond acceptors (Lipinski definition) is 3. The Labute approximate surface area is 128 Å². The predicted octanol–water partition coefficient (Wildman–Crippen LogP) is 3.67. The summed E-state index contributed by atoms with van der Waals surface area (Å²) in [5.41, 5.74) is 2.70. The molecule has 2 heterocycles. The van der Waals surface area contributed by atoms with Crippen LogP contribution in [0.25, 0.3) is 22.3 Å². The van der Waals surface area contributed by atoms with E-state index >= 15 is 0 Å². The lowest BCUT2D eigenvalue weighted by Gasteiger charge is -2.05. The summed E-state index contributed by atoms with van der Waals surface area (Å²) < 4.78 is 0. The van der Waals surface area contributed by atoms with E-state index in [2.05, 4.69) is 21.9 Å². The van der Waals surface area contributed by atoms with E-state index in [9.17, 15) is 9.90 Å². The molecule has 5 heteroatoms. The van der Waals surface area contributed by atoms with Crippen LogP contribution in [-0.2, 0) is 6.42 Å². The maximum Gasteiger partial charge on any atom is 0.355 e. The van der Waals surface area contributed by atoms with E-state index in [1.807, 2.05) is 36.4 Å². The molecule has 3 aromatic rings. The average Bonchev–Trinajstić information content (AvgIpc) is 2.94. The van der Waals surface area contributed by atoms with Crippen molar-refractivity contribution in [2.24, 2.45) is 0 Å². The van der Waals surface area contributed by atoms with Gasteiger partial charge < -0.3 is 10.1 Å². The highest BCUT2D eigenvalue weighted by atomic mass is 16.4. The first-order valence-electron chi connectivity index (χ1n) is 7.37. The Hall–Kier alpha value is -2.69. The zero-order chi connectivity index (χ0) is 15.5. The SMILES string of the molecule is CCCCc1nc2nc(C(=O)O)c(-c3ccccc3)cc2[nH]1. The maximum atomic E-state index is 11.5. The van der Waals surface area contributed by atoms with Crippen LogP contribution in [0.2, 0.25) is 0 Å². The van der Waals surface area contributed by atoms with Crippen LogP contribution in [0, 0.1) is 0 Å². The van der Waals surface area contributed by atoms with Gasteiger partial charge in [-0.3, -0.25) is 0 Å². The minimum Gasteiger partial charge on any atom is -0.476 e. The fraction of sp³-hybridized carbons (Fsp3) is 0.235. The lowest BCUT2D eigenvalue weighted by atomic mass is 10.0. The molecule has 0 atom stereocenters. The molecule has 0 spiro atoms. The van der Waals surface area contributed by atoms with Crippen molar-refractivity contribution in [2.75, 3.05) is 0 Å². The van der Waals surface area contributed by atoms with Crippen LogP contribution in [0.15, 0.2) is 36.4 Å². The van der Waals surface area contributed by atoms with E-state index in [4.69, 9.17) is 0 Å². The number of unbranched alkanes of at least 4 members (excludes halogenated alkanes) is 1. The van der Waals surface area contributed by atoms with E-state index in [0.717, 1.165) is 36.2 Å². The first-order chi connectivity index (χ1) is 10.7. The van der Waals surface area contributed by atoms with Crippen LogP contribution in [0.4, 0.5) is 0 Å². The number of carbonyl (C=O) groups is 1. The van der Waals surface area contributed by atoms with Crippen molar-refractivity contribution in [2.45, 2.75) is 26.2 Å². The third-order valence-electron chi connectivity index (χ3n) is 3.58. The average molecular weight is 295 g/mol. The van der Waals surface area contributed by atoms with E-state index < -0.39 is 5.97 Å². The highest BCUT2D eigenvalue weighted by molar-refractivity contribution is 5.97. The zero-order valence-electron chi connectivity index (χ0n) is 12.3. The molecule has 0 fully saturated rings. The van der Waals surface area contributed by atoms with Crippen molar-refractivity contribution in [3.63, 3.8) is 0 Å². The summed E-state index contributed by atoms with van der Waals surface area (Å²) in [6, 6.07) is 11.2. The molecule has 2 aromatic heterocycles. The van der Waals surface area contributed by atoms with Crippen LogP contribution in [-0.4, -0.2) is 26.0 Å². The van der Waals surface area contributed by atoms with Gasteiger partial charge in [0.05, 0.1) is 5.52 Å². The quantitative estimate of drug-likeness (QED) is 0.752. The number of benzene rings is 1. The number of H-pyrrole nitrogens is 1. The van der Waals surface area contributed by atoms with Gasteiger partial charge in [-0.1, -0.05) is 43.7 Å². The Kier molecular flexibility index (Phi) is 3.87. The number of nitrogens with zero attached hydrogens (tertiary/aromatic N) is 2. The first-order valence-corrected chi connectivity index (χ1v) is 7.37. The molecule has 1 aromatic carbocycles. The molecule has 0 amide bonds. The van der Waals surface area contributed by atoms with Gasteiger partial charge in [-0.2, -0.15) is 0 Å². The highest BCUT2D eigenvalue weighted by Gasteiger charge is 2.17. The number of carboxylic acid groups (broad SMARTS) is 1. The summed E-state index contributed by atoms with van der Waals surface area (Å²) in [7, 11) is 0. The number of aromatic nitrogens is 3. The number of aryl methyl sites for hydroxylation is 1. The van der Waals surface area contributed by atoms with E-state index in [-0.39, 0.29) is 5.69 Å². The van der Waals surface area contributed by atoms with Crippen molar-refractivity contribution >= 4 is 17.1 Å². The monoisotopic (exact) mass is 295 g/mol. The molecule has 0 radical (unpaired) electrons. The molecule has 0 saturated heterocycles. The Morgan fingerprint density at radius 2 is 2.00 bits per heavy atom. The molecule has 112 valence electrons. The summed E-state index contributed by atoms with van der Waals surface area (Å²) in [4.78, 5) is 23.4. The number of pyridine rings is 1. The third-order valence-corrected chi connectivity index (χ3v) is 3.58. The zero-order valence-corrected chi connectivity index (χ0v) is 12.3. The molecule has 5 nitrogen and oxygen atoms in total. The molecule has 0 unspecified atom stereocenters. The van der Waals surface area contributed by atoms with Crippen molar-refractivity contribution in [1.29, 1.82) is 0 Å². The third kappa shape index (κ3) is 2.70. The van der Waals surface area contributed by atoms with Gasteiger partial charge in [0.15, 0.2) is 11.3 Å². The molecule has 0 aliphatic heterocycles. The molecular formula is C17H17N3O2. The number of imidazole rings is 1. The molecule has 2 N–H and O–H groups in total. The molecule has 0 bridgehead atoms. The fourth-order valence-corrected chi connectivity index (χ4v) is 2.46. The summed E-state index contributed by atoms with van der Waals surface area (Å²) in [6.07, 6.45) is 2.97. The fourth-order valence-electron chi connectivity index (χ4n) is 2.46. The van der Waals surface area contributed by atoms with Gasteiger partial charge in [-0.15, -0.1) is 0 Å². The second kappa shape index (κ2) is 5.97. The Morgan fingerprint density at radius 1 is 1.23 bits per heavy atom. The predicted molar refractivity (Wildman–Crippen MR) is 84.9 cm³/mol. The number of hydrogen-bond donors (Lipinski definition) is 2. The summed E-state index contributed by atoms with van der Waals surface area (Å²) in [5.74, 6) is -0.190. The summed E-state index contributed by atoms with van der Waals surface area (Å²) >= 11 is 0. The number of carboxylic acids is 1. The highest BCUT2D eigenvalue weighted by Crippen LogP contribution is 2.26. The Balaban J connectivity index is 2.14. The smallest absolute Gasteiger partial charge is 0.355 e. The van der Waals surface area contributed by atoms with Crippen LogP contribution < -0.4 is 0 Å². The number of nitrogens with one attached hydrogen (secondary N) is 1. The molecule has 22 heavy (non-hydrogen) atoms. The minimum absolute atomic E-state index is 0.0345. The van der Waals surface area contributed by atoms with Crippen LogP contribution in [0.3, 0.4) is 0 Å². The van der Waals surface area contributed by atoms with Gasteiger partial charge in [-0.25, -0.2) is 14.8 Å². The van der Waals surface area contributed by atoms with Gasteiger partial charge in [0, 0.05) is 12.0 Å². The van der Waals surface area contributed by atoms with Gasteiger partial charge >= 0.3 is 5.97 Å². The van der Waals surface area contributed by atoms with Crippen molar-refractivity contribution in [3.05, 3.63) is 47.9 Å². The topological polar surface area (TPSA) is 78.9 Å². The lowest BCUT2D eigenvalue weighted by molar-refractivity contribution is 0.0692. The standard InChI is InChI=1S/C17H17N3O2/c1-2-3-9-14-18-13-10-12(11-7-5-4-6-8-11)15(17(21)22)20-16(13)19-14/h4-8,10H,2-3,9H2,1H3,(H,21,22)(H,18,19,20). The minimum atomic E-state index is -1.04. The Morgan fingerprint density at radius 3 is 2.68 bits per heavy atom. The number of aromatic carboxylic acids is 1. The van der Waals surface area contributed by atoms with Gasteiger partial charge in [0.1, 0.15) is 5.82 Å². The van der Waals surface area contributed by atoms with E-state index in [1.54, 1.807) is 0 Å². The first kappa shape index (κ1) is 14.3. The maximum absolute atomic E-state index is 11.5. The van der Waals surface area contributed by atoms with E-state index in [0.29, 0.717) is 11.2 Å². The van der Waals surface area contributed by atoms with Crippen LogP contribution in [0.1, 0.15) is 36.1 Å². The van der Waals surface area contributed by atoms with Gasteiger partial charge in [0.25, 0.3) is 0 Å². The second-order valence-electron chi connectivity index (χ2n) is 5.21. The number of rotatable bonds is 5. The molecule has 0 aliphatic rings. The molecular weight excluding hydrogens is 278 g/mol. The summed E-state index contributed by atoms with van der Waals surface area (Å²) in [5, 5.41) is 9.43. The Bertz CT molecular complexity index is 809. The largest absolute Gasteiger partial charge is 0.476 e. The second-order valence-corrected chi connectivity index (χ2v) is 5.21. The molecule has 0 aliphatic carbocycles. The van der Waals surface area contributed by atoms with Crippen molar-refractivity contribution in [1.82, 2.24) is 15.0 Å². The van der Waals surface area contributed by atoms with Crippen molar-refractivity contribution < 1.29 is 9.90 Å². The van der Waals surface area contributed by atoms with Crippen LogP contribution in [0.5, 0.6) is 0 Å². The number of fused-ring (bicyclic) bond motifs is 1. The van der Waals surface area contributed by atoms with Crippen LogP contribution >= 0.6 is 0 Å². The van der Waals surface area contributed by atoms with Gasteiger partial charge in [-0.05, 0) is 18.1 Å². The number of aromatic amines is 1. The lowest BCUT2D eigenvalue weighted by Crippen LogP contribution is -2.03. The summed E-state index contributed by atoms with van der Waals surface area (Å²) in [6.45, 7) is 2.12. The van der Waals surface area contributed by atoms with Gasteiger partial charge in [0.2, 0.25) is 0 Å². The van der Waals surface area contributed by atoms with Crippen molar-refractivity contribution in [3.8, 4) is 11.1 Å². The van der Waals surface area contributed by atoms with E-state index in [1.165, 1.54) is 0 Å².